The summed E-state index contributed by atoms with van der Waals surface area (Å²) in [6.07, 6.45) is 1.28. The van der Waals surface area contributed by atoms with Gasteiger partial charge in [0.15, 0.2) is 0 Å². The third kappa shape index (κ3) is 5.17. The fourth-order valence-electron chi connectivity index (χ4n) is 3.97. The van der Waals surface area contributed by atoms with Crippen LogP contribution < -0.4 is 4.72 Å². The van der Waals surface area contributed by atoms with Gasteiger partial charge in [0.05, 0.1) is 4.90 Å². The van der Waals surface area contributed by atoms with Crippen LogP contribution in [0.15, 0.2) is 47.4 Å². The third-order valence-electron chi connectivity index (χ3n) is 5.91. The number of sulfonamides is 1. The van der Waals surface area contributed by atoms with Crippen molar-refractivity contribution in [1.82, 2.24) is 9.80 Å². The van der Waals surface area contributed by atoms with E-state index in [1.54, 1.807) is 21.9 Å². The minimum atomic E-state index is -3.89. The monoisotopic (exact) mass is 475 g/mol. The van der Waals surface area contributed by atoms with E-state index in [-0.39, 0.29) is 28.4 Å². The van der Waals surface area contributed by atoms with Crippen LogP contribution in [0, 0.1) is 12.7 Å². The topological polar surface area (TPSA) is 96.0 Å². The first-order chi connectivity index (χ1) is 15.7. The predicted molar refractivity (Wildman–Crippen MR) is 120 cm³/mol. The van der Waals surface area contributed by atoms with Crippen LogP contribution in [0.4, 0.5) is 10.1 Å². The molecule has 0 aromatic heterocycles. The molecule has 0 saturated carbocycles. The van der Waals surface area contributed by atoms with Gasteiger partial charge in [-0.3, -0.25) is 14.3 Å². The molecule has 1 unspecified atom stereocenters. The molecule has 2 aliphatic heterocycles. The molecule has 2 aliphatic rings. The molecule has 176 valence electrons. The summed E-state index contributed by atoms with van der Waals surface area (Å²) in [4.78, 5) is 28.7. The lowest BCUT2D eigenvalue weighted by molar-refractivity contribution is -0.142. The molecule has 0 bridgehead atoms. The summed E-state index contributed by atoms with van der Waals surface area (Å²) in [5.41, 5.74) is 0.950. The number of benzene rings is 2. The van der Waals surface area contributed by atoms with Crippen molar-refractivity contribution in [2.45, 2.75) is 30.8 Å². The first-order valence-electron chi connectivity index (χ1n) is 10.8. The minimum absolute atomic E-state index is 0.00687. The number of piperazine rings is 1. The van der Waals surface area contributed by atoms with Crippen molar-refractivity contribution in [2.75, 3.05) is 37.5 Å². The van der Waals surface area contributed by atoms with Gasteiger partial charge in [0.2, 0.25) is 0 Å². The summed E-state index contributed by atoms with van der Waals surface area (Å²) >= 11 is 0. The number of aryl methyl sites for hydroxylation is 1. The maximum Gasteiger partial charge on any atom is 0.261 e. The quantitative estimate of drug-likeness (QED) is 0.717. The molecule has 0 radical (unpaired) electrons. The van der Waals surface area contributed by atoms with Gasteiger partial charge < -0.3 is 14.5 Å². The Labute approximate surface area is 192 Å². The summed E-state index contributed by atoms with van der Waals surface area (Å²) in [5, 5.41) is 0. The number of halogens is 1. The number of amides is 2. The van der Waals surface area contributed by atoms with Crippen LogP contribution in [0.3, 0.4) is 0 Å². The number of carbonyl (C=O) groups is 2. The molecular formula is C23H26FN3O5S. The van der Waals surface area contributed by atoms with Crippen molar-refractivity contribution >= 4 is 27.5 Å². The Morgan fingerprint density at radius 2 is 1.70 bits per heavy atom. The van der Waals surface area contributed by atoms with Crippen molar-refractivity contribution in [3.8, 4) is 0 Å². The zero-order valence-corrected chi connectivity index (χ0v) is 19.1. The minimum Gasteiger partial charge on any atom is -0.368 e. The Hall–Kier alpha value is -2.98. The number of hydrogen-bond acceptors (Lipinski definition) is 5. The molecule has 0 spiro atoms. The number of rotatable bonds is 5. The Morgan fingerprint density at radius 1 is 1.03 bits per heavy atom. The zero-order chi connectivity index (χ0) is 23.6. The maximum absolute atomic E-state index is 13.4. The van der Waals surface area contributed by atoms with E-state index < -0.39 is 15.8 Å². The van der Waals surface area contributed by atoms with Crippen molar-refractivity contribution in [3.05, 3.63) is 59.4 Å². The van der Waals surface area contributed by atoms with E-state index in [0.717, 1.165) is 18.9 Å². The van der Waals surface area contributed by atoms with Crippen molar-refractivity contribution in [1.29, 1.82) is 0 Å². The van der Waals surface area contributed by atoms with Crippen LogP contribution in [0.2, 0.25) is 0 Å². The lowest BCUT2D eigenvalue weighted by Crippen LogP contribution is -2.52. The highest BCUT2D eigenvalue weighted by molar-refractivity contribution is 7.92. The van der Waals surface area contributed by atoms with Gasteiger partial charge in [-0.15, -0.1) is 0 Å². The second-order valence-electron chi connectivity index (χ2n) is 8.21. The van der Waals surface area contributed by atoms with Gasteiger partial charge in [-0.2, -0.15) is 0 Å². The smallest absolute Gasteiger partial charge is 0.261 e. The summed E-state index contributed by atoms with van der Waals surface area (Å²) in [6.45, 7) is 3.88. The largest absolute Gasteiger partial charge is 0.368 e. The van der Waals surface area contributed by atoms with Crippen LogP contribution >= 0.6 is 0 Å². The molecule has 2 fully saturated rings. The molecule has 33 heavy (non-hydrogen) atoms. The van der Waals surface area contributed by atoms with Gasteiger partial charge in [-0.05, 0) is 67.8 Å². The standard InChI is InChI=1S/C23H26FN3O5S/c1-16-15-19(8-9-20(16)24)33(30,31)25-18-6-4-17(5-7-18)22(28)26-10-12-27(13-11-26)23(29)21-3-2-14-32-21/h4-9,15,21,25H,2-3,10-14H2,1H3. The van der Waals surface area contributed by atoms with Crippen LogP contribution in [0.25, 0.3) is 0 Å². The maximum atomic E-state index is 13.4. The second kappa shape index (κ2) is 9.48. The number of carbonyl (C=O) groups excluding carboxylic acids is 2. The van der Waals surface area contributed by atoms with Gasteiger partial charge >= 0.3 is 0 Å². The van der Waals surface area contributed by atoms with Gasteiger partial charge in [-0.25, -0.2) is 12.8 Å². The van der Waals surface area contributed by atoms with Crippen LogP contribution in [-0.2, 0) is 19.6 Å². The van der Waals surface area contributed by atoms with Crippen LogP contribution in [0.1, 0.15) is 28.8 Å². The molecule has 2 aromatic carbocycles. The first kappa shape index (κ1) is 23.2. The molecule has 2 aromatic rings. The van der Waals surface area contributed by atoms with E-state index in [0.29, 0.717) is 44.0 Å². The van der Waals surface area contributed by atoms with Gasteiger partial charge in [0, 0.05) is 44.0 Å². The van der Waals surface area contributed by atoms with Gasteiger partial charge in [0.25, 0.3) is 21.8 Å². The number of nitrogens with one attached hydrogen (secondary N) is 1. The summed E-state index contributed by atoms with van der Waals surface area (Å²) < 4.78 is 46.5. The average molecular weight is 476 g/mol. The molecule has 4 rings (SSSR count). The number of anilines is 1. The van der Waals surface area contributed by atoms with E-state index in [9.17, 15) is 22.4 Å². The fourth-order valence-corrected chi connectivity index (χ4v) is 5.11. The first-order valence-corrected chi connectivity index (χ1v) is 12.3. The SMILES string of the molecule is Cc1cc(S(=O)(=O)Nc2ccc(C(=O)N3CCN(C(=O)C4CCCO4)CC3)cc2)ccc1F. The molecule has 10 heteroatoms. The molecule has 8 nitrogen and oxygen atoms in total. The molecule has 0 aliphatic carbocycles. The molecule has 2 saturated heterocycles. The molecule has 2 heterocycles. The lowest BCUT2D eigenvalue weighted by Gasteiger charge is -2.35. The predicted octanol–water partition coefficient (Wildman–Crippen LogP) is 2.40. The number of ether oxygens (including phenoxy) is 1. The Balaban J connectivity index is 1.35. The van der Waals surface area contributed by atoms with Crippen molar-refractivity contribution in [2.24, 2.45) is 0 Å². The number of hydrogen-bond donors (Lipinski definition) is 1. The van der Waals surface area contributed by atoms with Gasteiger partial charge in [-0.1, -0.05) is 0 Å². The molecule has 1 N–H and O–H groups in total. The average Bonchev–Trinajstić information content (AvgIpc) is 3.35. The third-order valence-corrected chi connectivity index (χ3v) is 7.29. The summed E-state index contributed by atoms with van der Waals surface area (Å²) in [5.74, 6) is -0.663. The normalized spacial score (nSPS) is 18.9. The van der Waals surface area contributed by atoms with E-state index in [1.807, 2.05) is 0 Å². The number of nitrogens with zero attached hydrogens (tertiary/aromatic N) is 2. The highest BCUT2D eigenvalue weighted by Gasteiger charge is 2.31. The summed E-state index contributed by atoms with van der Waals surface area (Å²) in [7, 11) is -3.89. The second-order valence-corrected chi connectivity index (χ2v) is 9.90. The zero-order valence-electron chi connectivity index (χ0n) is 18.3. The van der Waals surface area contributed by atoms with Crippen molar-refractivity contribution in [3.63, 3.8) is 0 Å². The van der Waals surface area contributed by atoms with E-state index >= 15 is 0 Å². The Kier molecular flexibility index (Phi) is 6.66. The lowest BCUT2D eigenvalue weighted by atomic mass is 10.1. The Bertz CT molecular complexity index is 1140. The van der Waals surface area contributed by atoms with E-state index in [2.05, 4.69) is 4.72 Å². The van der Waals surface area contributed by atoms with E-state index in [4.69, 9.17) is 4.74 Å². The van der Waals surface area contributed by atoms with Gasteiger partial charge in [0.1, 0.15) is 11.9 Å². The highest BCUT2D eigenvalue weighted by Crippen LogP contribution is 2.20. The van der Waals surface area contributed by atoms with Crippen molar-refractivity contribution < 1.29 is 27.1 Å². The van der Waals surface area contributed by atoms with Crippen LogP contribution in [0.5, 0.6) is 0 Å². The Morgan fingerprint density at radius 3 is 2.30 bits per heavy atom. The van der Waals surface area contributed by atoms with Crippen LogP contribution in [-0.4, -0.2) is 68.9 Å². The molecule has 1 atom stereocenters. The fraction of sp³-hybridized carbons (Fsp3) is 0.391. The highest BCUT2D eigenvalue weighted by atomic mass is 32.2. The van der Waals surface area contributed by atoms with E-state index in [1.165, 1.54) is 31.2 Å². The summed E-state index contributed by atoms with van der Waals surface area (Å²) in [6, 6.07) is 9.71. The molecule has 2 amide bonds. The molecular weight excluding hydrogens is 449 g/mol.